The number of carbonyl (C=O) groups excluding carboxylic acids is 3. The summed E-state index contributed by atoms with van der Waals surface area (Å²) >= 11 is 2.85. The summed E-state index contributed by atoms with van der Waals surface area (Å²) in [5, 5.41) is 2.57. The second-order valence-electron chi connectivity index (χ2n) is 8.85. The molecule has 1 aliphatic carbocycles. The minimum absolute atomic E-state index is 0.0715. The highest BCUT2D eigenvalue weighted by Crippen LogP contribution is 2.41. The Kier molecular flexibility index (Phi) is 6.80. The predicted octanol–water partition coefficient (Wildman–Crippen LogP) is 5.49. The van der Waals surface area contributed by atoms with Crippen molar-refractivity contribution in [1.29, 1.82) is 0 Å². The summed E-state index contributed by atoms with van der Waals surface area (Å²) in [6.45, 7) is 4.36. The summed E-state index contributed by atoms with van der Waals surface area (Å²) in [6, 6.07) is 12.8. The molecule has 0 unspecified atom stereocenters. The normalized spacial score (nSPS) is 20.7. The molecule has 0 spiro atoms. The molecule has 2 aromatic carbocycles. The molecular weight excluding hydrogens is 482 g/mol. The number of aromatic nitrogens is 1. The maximum atomic E-state index is 13.0. The van der Waals surface area contributed by atoms with Gasteiger partial charge in [0.15, 0.2) is 4.34 Å². The fourth-order valence-electron chi connectivity index (χ4n) is 4.75. The predicted molar refractivity (Wildman–Crippen MR) is 139 cm³/mol. The van der Waals surface area contributed by atoms with Crippen LogP contribution in [0.25, 0.3) is 10.2 Å². The first kappa shape index (κ1) is 23.8. The first-order valence-corrected chi connectivity index (χ1v) is 13.6. The topological polar surface area (TPSA) is 88.6 Å². The maximum absolute atomic E-state index is 13.0. The molecule has 2 heterocycles. The average Bonchev–Trinajstić information content (AvgIpc) is 3.37. The second-order valence-corrected chi connectivity index (χ2v) is 11.5. The average molecular weight is 510 g/mol. The Hall–Kier alpha value is -2.91. The van der Waals surface area contributed by atoms with Crippen molar-refractivity contribution in [2.45, 2.75) is 49.1 Å². The van der Waals surface area contributed by atoms with E-state index in [9.17, 15) is 14.4 Å². The zero-order valence-corrected chi connectivity index (χ0v) is 21.3. The molecule has 1 saturated carbocycles. The highest BCUT2D eigenvalue weighted by molar-refractivity contribution is 8.02. The van der Waals surface area contributed by atoms with E-state index in [2.05, 4.69) is 10.3 Å². The van der Waals surface area contributed by atoms with Crippen molar-refractivity contribution in [3.8, 4) is 5.75 Å². The number of thioether (sulfide) groups is 1. The molecule has 0 radical (unpaired) electrons. The van der Waals surface area contributed by atoms with E-state index in [0.717, 1.165) is 46.0 Å². The lowest BCUT2D eigenvalue weighted by atomic mass is 9.81. The number of fused-ring (bicyclic) bond motifs is 2. The molecule has 1 aliphatic heterocycles. The third-order valence-electron chi connectivity index (χ3n) is 6.53. The zero-order chi connectivity index (χ0) is 24.5. The van der Waals surface area contributed by atoms with Gasteiger partial charge in [-0.25, -0.2) is 4.98 Å². The van der Waals surface area contributed by atoms with Crippen LogP contribution >= 0.6 is 23.1 Å². The number of anilines is 2. The number of carbonyl (C=O) groups is 3. The number of rotatable bonds is 7. The van der Waals surface area contributed by atoms with Gasteiger partial charge in [0, 0.05) is 5.69 Å². The molecular formula is C26H27N3O4S2. The Morgan fingerprint density at radius 3 is 2.49 bits per heavy atom. The van der Waals surface area contributed by atoms with Crippen molar-refractivity contribution in [2.24, 2.45) is 11.8 Å². The van der Waals surface area contributed by atoms with Gasteiger partial charge in [-0.2, -0.15) is 0 Å². The number of imide groups is 1. The Morgan fingerprint density at radius 2 is 1.83 bits per heavy atom. The zero-order valence-electron chi connectivity index (χ0n) is 19.7. The summed E-state index contributed by atoms with van der Waals surface area (Å²) < 4.78 is 7.09. The van der Waals surface area contributed by atoms with E-state index < -0.39 is 0 Å². The van der Waals surface area contributed by atoms with Crippen LogP contribution in [0.15, 0.2) is 46.8 Å². The van der Waals surface area contributed by atoms with Crippen LogP contribution in [-0.2, 0) is 14.4 Å². The van der Waals surface area contributed by atoms with Gasteiger partial charge in [-0.05, 0) is 69.2 Å². The minimum atomic E-state index is -0.355. The Bertz CT molecular complexity index is 1250. The molecule has 1 saturated heterocycles. The Labute approximate surface area is 212 Å². The molecule has 1 aromatic heterocycles. The van der Waals surface area contributed by atoms with E-state index in [1.165, 1.54) is 28.0 Å². The smallest absolute Gasteiger partial charge is 0.237 e. The van der Waals surface area contributed by atoms with Gasteiger partial charge in [-0.1, -0.05) is 24.6 Å². The third kappa shape index (κ3) is 4.79. The lowest BCUT2D eigenvalue weighted by molar-refractivity contribution is -0.122. The largest absolute Gasteiger partial charge is 0.494 e. The van der Waals surface area contributed by atoms with Gasteiger partial charge in [0.1, 0.15) is 5.75 Å². The number of nitrogens with zero attached hydrogens (tertiary/aromatic N) is 2. The maximum Gasteiger partial charge on any atom is 0.237 e. The quantitative estimate of drug-likeness (QED) is 0.335. The number of nitrogens with one attached hydrogen (secondary N) is 1. The van der Waals surface area contributed by atoms with Gasteiger partial charge < -0.3 is 10.1 Å². The first-order valence-electron chi connectivity index (χ1n) is 11.9. The van der Waals surface area contributed by atoms with Crippen molar-refractivity contribution >= 4 is 62.4 Å². The van der Waals surface area contributed by atoms with Crippen LogP contribution in [-0.4, -0.2) is 34.6 Å². The molecule has 3 amide bonds. The highest BCUT2D eigenvalue weighted by atomic mass is 32.2. The van der Waals surface area contributed by atoms with Crippen LogP contribution in [0.1, 0.15) is 39.5 Å². The van der Waals surface area contributed by atoms with Crippen molar-refractivity contribution in [1.82, 2.24) is 4.98 Å². The molecule has 3 atom stereocenters. The lowest BCUT2D eigenvalue weighted by Gasteiger charge is -2.19. The van der Waals surface area contributed by atoms with Crippen LogP contribution in [0, 0.1) is 11.8 Å². The molecule has 2 aliphatic rings. The van der Waals surface area contributed by atoms with E-state index >= 15 is 0 Å². The summed E-state index contributed by atoms with van der Waals surface area (Å²) in [5.74, 6) is 0.159. The number of amides is 3. The number of thiazole rings is 1. The van der Waals surface area contributed by atoms with Crippen LogP contribution in [0.4, 0.5) is 11.4 Å². The molecule has 5 rings (SSSR count). The van der Waals surface area contributed by atoms with Crippen molar-refractivity contribution in [3.63, 3.8) is 0 Å². The van der Waals surface area contributed by atoms with Crippen LogP contribution in [0.5, 0.6) is 5.75 Å². The minimum Gasteiger partial charge on any atom is -0.494 e. The van der Waals surface area contributed by atoms with E-state index in [1.54, 1.807) is 6.07 Å². The number of benzene rings is 2. The van der Waals surface area contributed by atoms with Crippen LogP contribution in [0.3, 0.4) is 0 Å². The molecule has 3 aromatic rings. The van der Waals surface area contributed by atoms with Crippen LogP contribution in [0.2, 0.25) is 0 Å². The number of ether oxygens (including phenoxy) is 1. The molecule has 2 fully saturated rings. The number of hydrogen-bond donors (Lipinski definition) is 1. The lowest BCUT2D eigenvalue weighted by Crippen LogP contribution is -2.30. The molecule has 0 bridgehead atoms. The van der Waals surface area contributed by atoms with E-state index in [1.807, 2.05) is 50.2 Å². The third-order valence-corrected chi connectivity index (χ3v) is 8.74. The van der Waals surface area contributed by atoms with E-state index in [-0.39, 0.29) is 34.8 Å². The first-order chi connectivity index (χ1) is 16.9. The molecule has 35 heavy (non-hydrogen) atoms. The van der Waals surface area contributed by atoms with E-state index in [4.69, 9.17) is 4.74 Å². The fraction of sp³-hybridized carbons (Fsp3) is 0.385. The molecule has 9 heteroatoms. The van der Waals surface area contributed by atoms with Crippen molar-refractivity contribution in [2.75, 3.05) is 16.8 Å². The standard InChI is InChI=1S/C26H27N3O4S2/c1-3-33-18-11-8-16(9-12-18)27-23(30)15(2)34-26-28-21-13-10-17(14-22(21)35-26)29-24(31)19-6-4-5-7-20(19)25(29)32/h8-15,19-20H,3-7H2,1-2H3,(H,27,30)/t15-,19+,20+/m0/s1. The van der Waals surface area contributed by atoms with Crippen molar-refractivity contribution in [3.05, 3.63) is 42.5 Å². The van der Waals surface area contributed by atoms with Gasteiger partial charge >= 0.3 is 0 Å². The monoisotopic (exact) mass is 509 g/mol. The van der Waals surface area contributed by atoms with Crippen LogP contribution < -0.4 is 15.0 Å². The second kappa shape index (κ2) is 9.99. The Morgan fingerprint density at radius 1 is 1.14 bits per heavy atom. The summed E-state index contributed by atoms with van der Waals surface area (Å²) in [7, 11) is 0. The van der Waals surface area contributed by atoms with Gasteiger partial charge in [-0.15, -0.1) is 11.3 Å². The van der Waals surface area contributed by atoms with Gasteiger partial charge in [0.05, 0.1) is 39.6 Å². The number of hydrogen-bond acceptors (Lipinski definition) is 7. The highest BCUT2D eigenvalue weighted by Gasteiger charge is 2.48. The molecule has 182 valence electrons. The summed E-state index contributed by atoms with van der Waals surface area (Å²) in [6.07, 6.45) is 3.61. The SMILES string of the molecule is CCOc1ccc(NC(=O)[C@H](C)Sc2nc3ccc(N4C(=O)[C@@H]5CCCC[C@H]5C4=O)cc3s2)cc1. The molecule has 1 N–H and O–H groups in total. The summed E-state index contributed by atoms with van der Waals surface area (Å²) in [4.78, 5) is 44.6. The summed E-state index contributed by atoms with van der Waals surface area (Å²) in [5.41, 5.74) is 2.11. The van der Waals surface area contributed by atoms with Gasteiger partial charge in [0.25, 0.3) is 0 Å². The van der Waals surface area contributed by atoms with Crippen molar-refractivity contribution < 1.29 is 19.1 Å². The Balaban J connectivity index is 1.27. The molecule has 7 nitrogen and oxygen atoms in total. The fourth-order valence-corrected chi connectivity index (χ4v) is 6.99. The van der Waals surface area contributed by atoms with E-state index in [0.29, 0.717) is 18.0 Å². The van der Waals surface area contributed by atoms with Gasteiger partial charge in [-0.3, -0.25) is 19.3 Å². The van der Waals surface area contributed by atoms with Gasteiger partial charge in [0.2, 0.25) is 17.7 Å².